The third-order valence-corrected chi connectivity index (χ3v) is 4.02. The van der Waals surface area contributed by atoms with Crippen LogP contribution in [-0.4, -0.2) is 23.4 Å². The summed E-state index contributed by atoms with van der Waals surface area (Å²) in [6.45, 7) is 1.63. The second-order valence-electron chi connectivity index (χ2n) is 4.72. The van der Waals surface area contributed by atoms with Crippen LogP contribution < -0.4 is 20.9 Å². The largest absolute Gasteiger partial charge is 0.504 e. The van der Waals surface area contributed by atoms with Gasteiger partial charge in [0.1, 0.15) is 33.9 Å². The van der Waals surface area contributed by atoms with Crippen LogP contribution in [0.3, 0.4) is 0 Å². The van der Waals surface area contributed by atoms with Crippen molar-refractivity contribution in [3.05, 3.63) is 33.8 Å². The first-order valence-corrected chi connectivity index (χ1v) is 7.39. The van der Waals surface area contributed by atoms with E-state index in [1.165, 1.54) is 6.07 Å². The maximum Gasteiger partial charge on any atom is 0.162 e. The predicted octanol–water partition coefficient (Wildman–Crippen LogP) is 3.34. The summed E-state index contributed by atoms with van der Waals surface area (Å²) in [6, 6.07) is 4.59. The van der Waals surface area contributed by atoms with E-state index in [1.807, 2.05) is 0 Å². The molecular formula is C15H16Cl2N2O4. The summed E-state index contributed by atoms with van der Waals surface area (Å²) in [6.07, 6.45) is 0. The van der Waals surface area contributed by atoms with Crippen molar-refractivity contribution in [2.45, 2.75) is 6.92 Å². The molecule has 0 heterocycles. The molecule has 0 unspecified atom stereocenters. The zero-order valence-corrected chi connectivity index (χ0v) is 13.8. The van der Waals surface area contributed by atoms with E-state index in [0.29, 0.717) is 17.1 Å². The molecule has 0 bridgehead atoms. The van der Waals surface area contributed by atoms with Gasteiger partial charge >= 0.3 is 0 Å². The quantitative estimate of drug-likeness (QED) is 0.481. The van der Waals surface area contributed by atoms with E-state index in [0.717, 1.165) is 0 Å². The molecule has 0 saturated carbocycles. The number of aromatic hydroxyl groups is 1. The van der Waals surface area contributed by atoms with Crippen LogP contribution in [0.1, 0.15) is 5.56 Å². The smallest absolute Gasteiger partial charge is 0.162 e. The summed E-state index contributed by atoms with van der Waals surface area (Å²) in [5.41, 5.74) is 12.2. The third kappa shape index (κ3) is 3.50. The van der Waals surface area contributed by atoms with Gasteiger partial charge < -0.3 is 31.2 Å². The molecule has 0 aromatic heterocycles. The van der Waals surface area contributed by atoms with E-state index in [4.69, 9.17) is 49.2 Å². The fraction of sp³-hybridized carbons (Fsp3) is 0.200. The number of aliphatic hydroxyl groups excluding tert-OH is 1. The van der Waals surface area contributed by atoms with Crippen molar-refractivity contribution in [3.8, 4) is 23.0 Å². The highest BCUT2D eigenvalue weighted by molar-refractivity contribution is 6.43. The number of nitrogens with two attached hydrogens (primary N) is 2. The molecule has 2 aromatic rings. The van der Waals surface area contributed by atoms with Crippen molar-refractivity contribution in [2.24, 2.45) is 0 Å². The van der Waals surface area contributed by atoms with Crippen LogP contribution in [0.2, 0.25) is 10.0 Å². The summed E-state index contributed by atoms with van der Waals surface area (Å²) in [7, 11) is 0. The second kappa shape index (κ2) is 7.04. The Morgan fingerprint density at radius 1 is 1.09 bits per heavy atom. The normalized spacial score (nSPS) is 10.6. The van der Waals surface area contributed by atoms with Gasteiger partial charge in [-0.3, -0.25) is 0 Å². The van der Waals surface area contributed by atoms with E-state index < -0.39 is 0 Å². The standard InChI is InChI=1S/C15H16Cl2N2O4/c1-7-11(6-8(18)15(21)14(7)19)23-10-3-2-9(22-5-4-20)12(16)13(10)17/h2-3,6,20-21H,4-5,18-19H2,1H3. The lowest BCUT2D eigenvalue weighted by atomic mass is 10.1. The van der Waals surface area contributed by atoms with Gasteiger partial charge in [0.25, 0.3) is 0 Å². The fourth-order valence-electron chi connectivity index (χ4n) is 1.87. The van der Waals surface area contributed by atoms with Gasteiger partial charge in [0, 0.05) is 11.6 Å². The topological polar surface area (TPSA) is 111 Å². The molecule has 0 amide bonds. The van der Waals surface area contributed by atoms with Crippen LogP contribution in [0.15, 0.2) is 18.2 Å². The molecule has 0 spiro atoms. The number of rotatable bonds is 5. The average molecular weight is 359 g/mol. The SMILES string of the molecule is Cc1c(Oc2ccc(OCCO)c(Cl)c2Cl)cc(N)c(O)c1N. The van der Waals surface area contributed by atoms with Crippen LogP contribution in [0.25, 0.3) is 0 Å². The van der Waals surface area contributed by atoms with E-state index >= 15 is 0 Å². The number of halogens is 2. The number of hydrogen-bond acceptors (Lipinski definition) is 6. The van der Waals surface area contributed by atoms with E-state index in [2.05, 4.69) is 0 Å². The Bertz CT molecular complexity index is 738. The Hall–Kier alpha value is -2.02. The first-order valence-electron chi connectivity index (χ1n) is 6.63. The molecule has 23 heavy (non-hydrogen) atoms. The monoisotopic (exact) mass is 358 g/mol. The van der Waals surface area contributed by atoms with Gasteiger partial charge in [-0.2, -0.15) is 0 Å². The molecule has 0 aliphatic carbocycles. The number of benzene rings is 2. The fourth-order valence-corrected chi connectivity index (χ4v) is 2.27. The number of aliphatic hydroxyl groups is 1. The van der Waals surface area contributed by atoms with Crippen LogP contribution in [-0.2, 0) is 0 Å². The maximum atomic E-state index is 9.71. The van der Waals surface area contributed by atoms with Gasteiger partial charge in [0.15, 0.2) is 5.75 Å². The summed E-state index contributed by atoms with van der Waals surface area (Å²) in [4.78, 5) is 0. The Labute approximate surface area is 143 Å². The third-order valence-electron chi connectivity index (χ3n) is 3.17. The summed E-state index contributed by atoms with van der Waals surface area (Å²) < 4.78 is 11.0. The lowest BCUT2D eigenvalue weighted by Crippen LogP contribution is -2.02. The van der Waals surface area contributed by atoms with Crippen molar-refractivity contribution < 1.29 is 19.7 Å². The molecular weight excluding hydrogens is 343 g/mol. The molecule has 124 valence electrons. The van der Waals surface area contributed by atoms with Crippen LogP contribution in [0.5, 0.6) is 23.0 Å². The molecule has 2 rings (SSSR count). The van der Waals surface area contributed by atoms with Gasteiger partial charge in [-0.15, -0.1) is 0 Å². The maximum absolute atomic E-state index is 9.71. The lowest BCUT2D eigenvalue weighted by Gasteiger charge is -2.16. The van der Waals surface area contributed by atoms with Crippen molar-refractivity contribution in [3.63, 3.8) is 0 Å². The number of phenols is 1. The number of anilines is 2. The average Bonchev–Trinajstić information content (AvgIpc) is 2.54. The zero-order chi connectivity index (χ0) is 17.1. The molecule has 0 fully saturated rings. The molecule has 0 saturated heterocycles. The van der Waals surface area contributed by atoms with E-state index in [-0.39, 0.29) is 46.1 Å². The van der Waals surface area contributed by atoms with Crippen LogP contribution in [0, 0.1) is 6.92 Å². The highest BCUT2D eigenvalue weighted by Crippen LogP contribution is 2.43. The first-order chi connectivity index (χ1) is 10.9. The molecule has 8 heteroatoms. The molecule has 6 nitrogen and oxygen atoms in total. The summed E-state index contributed by atoms with van der Waals surface area (Å²) >= 11 is 12.3. The highest BCUT2D eigenvalue weighted by atomic mass is 35.5. The molecule has 6 N–H and O–H groups in total. The van der Waals surface area contributed by atoms with Gasteiger partial charge in [-0.25, -0.2) is 0 Å². The molecule has 0 atom stereocenters. The molecule has 2 aromatic carbocycles. The van der Waals surface area contributed by atoms with E-state index in [9.17, 15) is 5.11 Å². The van der Waals surface area contributed by atoms with Crippen molar-refractivity contribution in [1.29, 1.82) is 0 Å². The molecule has 0 aliphatic rings. The van der Waals surface area contributed by atoms with Gasteiger partial charge in [-0.05, 0) is 19.1 Å². The Kier molecular flexibility index (Phi) is 5.30. The second-order valence-corrected chi connectivity index (χ2v) is 5.47. The minimum atomic E-state index is -0.188. The Morgan fingerprint density at radius 2 is 1.70 bits per heavy atom. The van der Waals surface area contributed by atoms with Crippen LogP contribution >= 0.6 is 23.2 Å². The highest BCUT2D eigenvalue weighted by Gasteiger charge is 2.16. The predicted molar refractivity (Wildman–Crippen MR) is 90.8 cm³/mol. The zero-order valence-electron chi connectivity index (χ0n) is 12.3. The number of phenolic OH excluding ortho intramolecular Hbond substituents is 1. The van der Waals surface area contributed by atoms with Gasteiger partial charge in [0.2, 0.25) is 0 Å². The van der Waals surface area contributed by atoms with E-state index in [1.54, 1.807) is 19.1 Å². The molecule has 0 radical (unpaired) electrons. The summed E-state index contributed by atoms with van der Waals surface area (Å²) in [5, 5.41) is 18.8. The van der Waals surface area contributed by atoms with Crippen molar-refractivity contribution in [1.82, 2.24) is 0 Å². The Balaban J connectivity index is 2.36. The number of ether oxygens (including phenoxy) is 2. The first kappa shape index (κ1) is 17.3. The van der Waals surface area contributed by atoms with Crippen LogP contribution in [0.4, 0.5) is 11.4 Å². The number of nitrogen functional groups attached to an aromatic ring is 2. The van der Waals surface area contributed by atoms with Crippen molar-refractivity contribution in [2.75, 3.05) is 24.7 Å². The van der Waals surface area contributed by atoms with Gasteiger partial charge in [-0.1, -0.05) is 23.2 Å². The molecule has 0 aliphatic heterocycles. The minimum absolute atomic E-state index is 0.0909. The minimum Gasteiger partial charge on any atom is -0.504 e. The van der Waals surface area contributed by atoms with Gasteiger partial charge in [0.05, 0.1) is 18.0 Å². The van der Waals surface area contributed by atoms with Crippen molar-refractivity contribution >= 4 is 34.6 Å². The Morgan fingerprint density at radius 3 is 2.35 bits per heavy atom. The number of hydrogen-bond donors (Lipinski definition) is 4. The summed E-state index contributed by atoms with van der Waals surface area (Å²) in [5.74, 6) is 0.770. The lowest BCUT2D eigenvalue weighted by molar-refractivity contribution is 0.201.